The van der Waals surface area contributed by atoms with Gasteiger partial charge in [-0.05, 0) is 6.42 Å². The number of hydrogen-bond donors (Lipinski definition) is 1. The summed E-state index contributed by atoms with van der Waals surface area (Å²) in [5.41, 5.74) is 0.836. The third-order valence-electron chi connectivity index (χ3n) is 3.27. The van der Waals surface area contributed by atoms with E-state index in [0.717, 1.165) is 31.7 Å². The lowest BCUT2D eigenvalue weighted by molar-refractivity contribution is -0.103. The minimum Gasteiger partial charge on any atom is -0.387 e. The van der Waals surface area contributed by atoms with Gasteiger partial charge in [-0.3, -0.25) is 4.90 Å². The second kappa shape index (κ2) is 4.34. The van der Waals surface area contributed by atoms with Crippen LogP contribution in [0.5, 0.6) is 0 Å². The van der Waals surface area contributed by atoms with Crippen LogP contribution in [0.4, 0.5) is 0 Å². The number of aliphatic hydroxyl groups is 1. The second-order valence-electron chi connectivity index (χ2n) is 6.12. The standard InChI is InChI=1S/C13H22N2OS/c1-5-13(16)8-15(9-13)6-10-7-17-11(14-10)12(2,3)4/h7,16H,5-6,8-9H2,1-4H3. The maximum Gasteiger partial charge on any atom is 0.0982 e. The second-order valence-corrected chi connectivity index (χ2v) is 6.98. The summed E-state index contributed by atoms with van der Waals surface area (Å²) in [6, 6.07) is 0. The monoisotopic (exact) mass is 254 g/mol. The third kappa shape index (κ3) is 2.87. The van der Waals surface area contributed by atoms with Gasteiger partial charge >= 0.3 is 0 Å². The van der Waals surface area contributed by atoms with Crippen molar-refractivity contribution in [3.63, 3.8) is 0 Å². The summed E-state index contributed by atoms with van der Waals surface area (Å²) < 4.78 is 0. The van der Waals surface area contributed by atoms with Crippen LogP contribution in [0.3, 0.4) is 0 Å². The molecule has 96 valence electrons. The lowest BCUT2D eigenvalue weighted by Crippen LogP contribution is -2.60. The number of β-amino-alcohol motifs (C(OH)–C–C–N with tert-alkyl or cyclic N) is 1. The quantitative estimate of drug-likeness (QED) is 0.900. The van der Waals surface area contributed by atoms with Crippen LogP contribution in [0.1, 0.15) is 44.8 Å². The van der Waals surface area contributed by atoms with Gasteiger partial charge in [0.2, 0.25) is 0 Å². The average molecular weight is 254 g/mol. The first-order chi connectivity index (χ1) is 7.82. The van der Waals surface area contributed by atoms with Crippen LogP contribution in [0.15, 0.2) is 5.38 Å². The lowest BCUT2D eigenvalue weighted by Gasteiger charge is -2.45. The SMILES string of the molecule is CCC1(O)CN(Cc2csc(C(C)(C)C)n2)C1. The fraction of sp³-hybridized carbons (Fsp3) is 0.769. The minimum absolute atomic E-state index is 0.141. The average Bonchev–Trinajstić information content (AvgIpc) is 2.63. The smallest absolute Gasteiger partial charge is 0.0982 e. The van der Waals surface area contributed by atoms with Crippen LogP contribution in [-0.4, -0.2) is 33.7 Å². The highest BCUT2D eigenvalue weighted by molar-refractivity contribution is 7.09. The van der Waals surface area contributed by atoms with Crippen molar-refractivity contribution in [2.24, 2.45) is 0 Å². The molecule has 0 unspecified atom stereocenters. The van der Waals surface area contributed by atoms with Crippen molar-refractivity contribution in [1.82, 2.24) is 9.88 Å². The lowest BCUT2D eigenvalue weighted by atomic mass is 9.91. The van der Waals surface area contributed by atoms with Crippen molar-refractivity contribution in [2.75, 3.05) is 13.1 Å². The Morgan fingerprint density at radius 1 is 1.47 bits per heavy atom. The number of aromatic nitrogens is 1. The minimum atomic E-state index is -0.442. The predicted octanol–water partition coefficient (Wildman–Crippen LogP) is 2.40. The molecule has 1 N–H and O–H groups in total. The molecule has 17 heavy (non-hydrogen) atoms. The van der Waals surface area contributed by atoms with Crippen molar-refractivity contribution in [2.45, 2.75) is 51.7 Å². The molecule has 1 aliphatic heterocycles. The summed E-state index contributed by atoms with van der Waals surface area (Å²) >= 11 is 1.74. The molecule has 1 aromatic heterocycles. The van der Waals surface area contributed by atoms with Crippen LogP contribution in [0.2, 0.25) is 0 Å². The number of likely N-dealkylation sites (tertiary alicyclic amines) is 1. The summed E-state index contributed by atoms with van der Waals surface area (Å²) in [7, 11) is 0. The van der Waals surface area contributed by atoms with Crippen molar-refractivity contribution >= 4 is 11.3 Å². The molecule has 0 aromatic carbocycles. The summed E-state index contributed by atoms with van der Waals surface area (Å²) in [6.45, 7) is 11.0. The molecular formula is C13H22N2OS. The zero-order valence-electron chi connectivity index (χ0n) is 11.2. The molecule has 1 aliphatic rings. The van der Waals surface area contributed by atoms with Gasteiger partial charge in [0.05, 0.1) is 16.3 Å². The fourth-order valence-corrected chi connectivity index (χ4v) is 2.97. The van der Waals surface area contributed by atoms with Crippen molar-refractivity contribution < 1.29 is 5.11 Å². The van der Waals surface area contributed by atoms with Gasteiger partial charge in [0.1, 0.15) is 0 Å². The van der Waals surface area contributed by atoms with Gasteiger partial charge in [-0.25, -0.2) is 4.98 Å². The Hall–Kier alpha value is -0.450. The predicted molar refractivity (Wildman–Crippen MR) is 71.3 cm³/mol. The van der Waals surface area contributed by atoms with E-state index in [1.54, 1.807) is 11.3 Å². The highest BCUT2D eigenvalue weighted by Gasteiger charge is 2.39. The Morgan fingerprint density at radius 3 is 2.59 bits per heavy atom. The van der Waals surface area contributed by atoms with E-state index in [0.29, 0.717) is 0 Å². The van der Waals surface area contributed by atoms with E-state index in [4.69, 9.17) is 0 Å². The van der Waals surface area contributed by atoms with E-state index in [1.807, 2.05) is 6.92 Å². The normalized spacial score (nSPS) is 20.3. The first-order valence-electron chi connectivity index (χ1n) is 6.22. The molecule has 0 amide bonds. The van der Waals surface area contributed by atoms with Crippen LogP contribution >= 0.6 is 11.3 Å². The molecule has 0 saturated carbocycles. The van der Waals surface area contributed by atoms with E-state index in [1.165, 1.54) is 5.01 Å². The molecule has 4 heteroatoms. The molecular weight excluding hydrogens is 232 g/mol. The largest absolute Gasteiger partial charge is 0.387 e. The molecule has 2 rings (SSSR count). The molecule has 2 heterocycles. The first-order valence-corrected chi connectivity index (χ1v) is 7.10. The molecule has 3 nitrogen and oxygen atoms in total. The van der Waals surface area contributed by atoms with E-state index in [2.05, 4.69) is 36.0 Å². The molecule has 0 aliphatic carbocycles. The number of nitrogens with zero attached hydrogens (tertiary/aromatic N) is 2. The summed E-state index contributed by atoms with van der Waals surface area (Å²) in [5.74, 6) is 0. The van der Waals surface area contributed by atoms with Crippen LogP contribution in [0.25, 0.3) is 0 Å². The third-order valence-corrected chi connectivity index (χ3v) is 4.59. The maximum atomic E-state index is 9.94. The van der Waals surface area contributed by atoms with E-state index >= 15 is 0 Å². The Morgan fingerprint density at radius 2 is 2.12 bits per heavy atom. The number of thiazole rings is 1. The van der Waals surface area contributed by atoms with E-state index in [-0.39, 0.29) is 5.41 Å². The molecule has 0 atom stereocenters. The Balaban J connectivity index is 1.91. The molecule has 1 saturated heterocycles. The summed E-state index contributed by atoms with van der Waals surface area (Å²) in [6.07, 6.45) is 0.841. The van der Waals surface area contributed by atoms with Gasteiger partial charge in [-0.15, -0.1) is 11.3 Å². The fourth-order valence-electron chi connectivity index (χ4n) is 2.07. The first kappa shape index (κ1) is 13.0. The van der Waals surface area contributed by atoms with Gasteiger partial charge in [-0.2, -0.15) is 0 Å². The van der Waals surface area contributed by atoms with Crippen LogP contribution in [-0.2, 0) is 12.0 Å². The van der Waals surface area contributed by atoms with Crippen molar-refractivity contribution in [3.8, 4) is 0 Å². The highest BCUT2D eigenvalue weighted by Crippen LogP contribution is 2.29. The highest BCUT2D eigenvalue weighted by atomic mass is 32.1. The zero-order chi connectivity index (χ0) is 12.7. The Kier molecular flexibility index (Phi) is 3.31. The number of rotatable bonds is 3. The van der Waals surface area contributed by atoms with E-state index < -0.39 is 5.60 Å². The van der Waals surface area contributed by atoms with Gasteiger partial charge in [0.15, 0.2) is 0 Å². The zero-order valence-corrected chi connectivity index (χ0v) is 12.0. The van der Waals surface area contributed by atoms with Crippen molar-refractivity contribution in [1.29, 1.82) is 0 Å². The van der Waals surface area contributed by atoms with Gasteiger partial charge in [-0.1, -0.05) is 27.7 Å². The maximum absolute atomic E-state index is 9.94. The van der Waals surface area contributed by atoms with Crippen LogP contribution in [0, 0.1) is 0 Å². The topological polar surface area (TPSA) is 36.4 Å². The molecule has 1 fully saturated rings. The Bertz CT molecular complexity index is 388. The molecule has 0 radical (unpaired) electrons. The summed E-state index contributed by atoms with van der Waals surface area (Å²) in [5, 5.41) is 13.3. The van der Waals surface area contributed by atoms with Gasteiger partial charge in [0.25, 0.3) is 0 Å². The van der Waals surface area contributed by atoms with Gasteiger partial charge in [0, 0.05) is 30.4 Å². The molecule has 0 bridgehead atoms. The molecule has 0 spiro atoms. The van der Waals surface area contributed by atoms with Crippen molar-refractivity contribution in [3.05, 3.63) is 16.1 Å². The molecule has 1 aromatic rings. The van der Waals surface area contributed by atoms with Gasteiger partial charge < -0.3 is 5.11 Å². The summed E-state index contributed by atoms with van der Waals surface area (Å²) in [4.78, 5) is 6.93. The van der Waals surface area contributed by atoms with Crippen LogP contribution < -0.4 is 0 Å². The van der Waals surface area contributed by atoms with E-state index in [9.17, 15) is 5.11 Å². The number of hydrogen-bond acceptors (Lipinski definition) is 4. The Labute approximate surface area is 107 Å².